The number of aryl methyl sites for hydroxylation is 3. The van der Waals surface area contributed by atoms with Crippen LogP contribution in [0.3, 0.4) is 0 Å². The van der Waals surface area contributed by atoms with Crippen molar-refractivity contribution in [3.8, 4) is 5.75 Å². The van der Waals surface area contributed by atoms with Gasteiger partial charge in [0.05, 0.1) is 0 Å². The second-order valence-corrected chi connectivity index (χ2v) is 5.92. The molecule has 2 aromatic rings. The Morgan fingerprint density at radius 1 is 1.18 bits per heavy atom. The van der Waals surface area contributed by atoms with Crippen LogP contribution in [0.15, 0.2) is 36.4 Å². The lowest BCUT2D eigenvalue weighted by molar-refractivity contribution is -0.145. The molecule has 0 spiro atoms. The molecule has 0 amide bonds. The standard InChI is InChI=1S/C18H19ClO3/c1-11-7-12(2)16(13(3)8-11)10-17(18(20)21)22-15-6-4-5-14(19)9-15/h4-9,17H,10H2,1-3H3,(H,20,21)/t17-/m1/s1. The van der Waals surface area contributed by atoms with Crippen LogP contribution >= 0.6 is 11.6 Å². The molecule has 116 valence electrons. The van der Waals surface area contributed by atoms with Gasteiger partial charge in [0.1, 0.15) is 5.75 Å². The lowest BCUT2D eigenvalue weighted by Crippen LogP contribution is -2.30. The van der Waals surface area contributed by atoms with Gasteiger partial charge in [-0.25, -0.2) is 4.79 Å². The molecule has 2 rings (SSSR count). The number of aliphatic carboxylic acids is 1. The van der Waals surface area contributed by atoms with E-state index in [9.17, 15) is 9.90 Å². The van der Waals surface area contributed by atoms with Crippen molar-refractivity contribution in [2.75, 3.05) is 0 Å². The van der Waals surface area contributed by atoms with Gasteiger partial charge in [0, 0.05) is 11.4 Å². The molecule has 0 saturated carbocycles. The zero-order valence-electron chi connectivity index (χ0n) is 12.9. The van der Waals surface area contributed by atoms with Gasteiger partial charge in [-0.1, -0.05) is 35.4 Å². The second-order valence-electron chi connectivity index (χ2n) is 5.48. The molecular weight excluding hydrogens is 300 g/mol. The second kappa shape index (κ2) is 6.84. The molecule has 2 aromatic carbocycles. The molecule has 0 aromatic heterocycles. The molecule has 4 heteroatoms. The number of rotatable bonds is 5. The Hall–Kier alpha value is -2.00. The van der Waals surface area contributed by atoms with Crippen LogP contribution in [0.25, 0.3) is 0 Å². The Bertz CT molecular complexity index is 671. The predicted octanol–water partition coefficient (Wildman–Crippen LogP) is 4.34. The van der Waals surface area contributed by atoms with Gasteiger partial charge in [-0.3, -0.25) is 0 Å². The van der Waals surface area contributed by atoms with E-state index < -0.39 is 12.1 Å². The molecule has 0 aliphatic heterocycles. The SMILES string of the molecule is Cc1cc(C)c(C[C@@H](Oc2cccc(Cl)c2)C(=O)O)c(C)c1. The molecule has 0 aliphatic carbocycles. The third-order valence-corrected chi connectivity index (χ3v) is 3.81. The lowest BCUT2D eigenvalue weighted by Gasteiger charge is -2.18. The molecule has 3 nitrogen and oxygen atoms in total. The molecule has 0 heterocycles. The molecule has 1 atom stereocenters. The number of carbonyl (C=O) groups is 1. The zero-order chi connectivity index (χ0) is 16.3. The summed E-state index contributed by atoms with van der Waals surface area (Å²) < 4.78 is 5.62. The first-order chi connectivity index (χ1) is 10.4. The number of halogens is 1. The highest BCUT2D eigenvalue weighted by atomic mass is 35.5. The van der Waals surface area contributed by atoms with Crippen molar-refractivity contribution < 1.29 is 14.6 Å². The van der Waals surface area contributed by atoms with Crippen LogP contribution in [-0.4, -0.2) is 17.2 Å². The number of benzene rings is 2. The first kappa shape index (κ1) is 16.4. The van der Waals surface area contributed by atoms with Crippen LogP contribution in [0.5, 0.6) is 5.75 Å². The summed E-state index contributed by atoms with van der Waals surface area (Å²) in [6.07, 6.45) is -0.627. The first-order valence-electron chi connectivity index (χ1n) is 7.08. The van der Waals surface area contributed by atoms with E-state index in [-0.39, 0.29) is 0 Å². The van der Waals surface area contributed by atoms with Crippen molar-refractivity contribution in [2.45, 2.75) is 33.3 Å². The highest BCUT2D eigenvalue weighted by Crippen LogP contribution is 2.22. The fourth-order valence-corrected chi connectivity index (χ4v) is 2.78. The highest BCUT2D eigenvalue weighted by molar-refractivity contribution is 6.30. The molecule has 0 saturated heterocycles. The van der Waals surface area contributed by atoms with Gasteiger partial charge >= 0.3 is 5.97 Å². The normalized spacial score (nSPS) is 12.0. The van der Waals surface area contributed by atoms with Gasteiger partial charge < -0.3 is 9.84 Å². The molecule has 0 bridgehead atoms. The summed E-state index contributed by atoms with van der Waals surface area (Å²) in [6.45, 7) is 6.02. The maximum atomic E-state index is 11.5. The van der Waals surface area contributed by atoms with Crippen molar-refractivity contribution in [1.29, 1.82) is 0 Å². The predicted molar refractivity (Wildman–Crippen MR) is 87.9 cm³/mol. The van der Waals surface area contributed by atoms with Gasteiger partial charge in [-0.05, 0) is 55.7 Å². The lowest BCUT2D eigenvalue weighted by atomic mass is 9.95. The van der Waals surface area contributed by atoms with E-state index in [0.717, 1.165) is 16.7 Å². The highest BCUT2D eigenvalue weighted by Gasteiger charge is 2.22. The first-order valence-corrected chi connectivity index (χ1v) is 7.46. The maximum Gasteiger partial charge on any atom is 0.345 e. The van der Waals surface area contributed by atoms with Gasteiger partial charge in [-0.15, -0.1) is 0 Å². The summed E-state index contributed by atoms with van der Waals surface area (Å²) in [5.74, 6) is -0.526. The summed E-state index contributed by atoms with van der Waals surface area (Å²) in [6, 6.07) is 10.9. The van der Waals surface area contributed by atoms with E-state index in [0.29, 0.717) is 17.2 Å². The fourth-order valence-electron chi connectivity index (χ4n) is 2.60. The Morgan fingerprint density at radius 2 is 1.82 bits per heavy atom. The van der Waals surface area contributed by atoms with Gasteiger partial charge in [0.15, 0.2) is 6.10 Å². The Morgan fingerprint density at radius 3 is 2.36 bits per heavy atom. The quantitative estimate of drug-likeness (QED) is 0.892. The monoisotopic (exact) mass is 318 g/mol. The van der Waals surface area contributed by atoms with Crippen LogP contribution in [0, 0.1) is 20.8 Å². The van der Waals surface area contributed by atoms with Crippen molar-refractivity contribution in [3.05, 3.63) is 63.7 Å². The van der Waals surface area contributed by atoms with Gasteiger partial charge in [-0.2, -0.15) is 0 Å². The van der Waals surface area contributed by atoms with Crippen LogP contribution < -0.4 is 4.74 Å². The summed E-state index contributed by atoms with van der Waals surface area (Å²) in [5.41, 5.74) is 4.35. The molecular formula is C18H19ClO3. The van der Waals surface area contributed by atoms with Crippen LogP contribution in [-0.2, 0) is 11.2 Å². The van der Waals surface area contributed by atoms with Crippen molar-refractivity contribution in [2.24, 2.45) is 0 Å². The van der Waals surface area contributed by atoms with E-state index in [1.165, 1.54) is 5.56 Å². The topological polar surface area (TPSA) is 46.5 Å². The van der Waals surface area contributed by atoms with Crippen LogP contribution in [0.2, 0.25) is 5.02 Å². The number of carboxylic acid groups (broad SMARTS) is 1. The summed E-state index contributed by atoms with van der Waals surface area (Å²) in [7, 11) is 0. The molecule has 0 fully saturated rings. The molecule has 0 unspecified atom stereocenters. The van der Waals surface area contributed by atoms with E-state index in [4.69, 9.17) is 16.3 Å². The van der Waals surface area contributed by atoms with Gasteiger partial charge in [0.2, 0.25) is 0 Å². The fraction of sp³-hybridized carbons (Fsp3) is 0.278. The average Bonchev–Trinajstić information content (AvgIpc) is 2.41. The number of carboxylic acids is 1. The van der Waals surface area contributed by atoms with E-state index in [2.05, 4.69) is 12.1 Å². The summed E-state index contributed by atoms with van der Waals surface area (Å²) in [5, 5.41) is 9.96. The molecule has 22 heavy (non-hydrogen) atoms. The third kappa shape index (κ3) is 4.01. The van der Waals surface area contributed by atoms with E-state index in [1.807, 2.05) is 20.8 Å². The largest absolute Gasteiger partial charge is 0.478 e. The number of hydrogen-bond donors (Lipinski definition) is 1. The van der Waals surface area contributed by atoms with Crippen molar-refractivity contribution in [1.82, 2.24) is 0 Å². The van der Waals surface area contributed by atoms with Crippen LogP contribution in [0.4, 0.5) is 0 Å². The molecule has 1 N–H and O–H groups in total. The molecule has 0 radical (unpaired) electrons. The smallest absolute Gasteiger partial charge is 0.345 e. The average molecular weight is 319 g/mol. The van der Waals surface area contributed by atoms with E-state index in [1.54, 1.807) is 24.3 Å². The summed E-state index contributed by atoms with van der Waals surface area (Å²) >= 11 is 5.91. The van der Waals surface area contributed by atoms with Crippen LogP contribution in [0.1, 0.15) is 22.3 Å². The Kier molecular flexibility index (Phi) is 5.09. The maximum absolute atomic E-state index is 11.5. The zero-order valence-corrected chi connectivity index (χ0v) is 13.6. The minimum atomic E-state index is -0.987. The third-order valence-electron chi connectivity index (χ3n) is 3.58. The number of hydrogen-bond acceptors (Lipinski definition) is 2. The minimum absolute atomic E-state index is 0.319. The Labute approximate surface area is 135 Å². The van der Waals surface area contributed by atoms with E-state index >= 15 is 0 Å². The molecule has 0 aliphatic rings. The summed E-state index contributed by atoms with van der Waals surface area (Å²) in [4.78, 5) is 11.5. The Balaban J connectivity index is 2.25. The van der Waals surface area contributed by atoms with Gasteiger partial charge in [0.25, 0.3) is 0 Å². The minimum Gasteiger partial charge on any atom is -0.478 e. The van der Waals surface area contributed by atoms with Crippen molar-refractivity contribution >= 4 is 17.6 Å². The number of ether oxygens (including phenoxy) is 1. The van der Waals surface area contributed by atoms with Crippen molar-refractivity contribution in [3.63, 3.8) is 0 Å².